The summed E-state index contributed by atoms with van der Waals surface area (Å²) < 4.78 is 0. The Labute approximate surface area is 118 Å². The van der Waals surface area contributed by atoms with Crippen LogP contribution in [0.2, 0.25) is 0 Å². The number of hydrogen-bond donors (Lipinski definition) is 0. The van der Waals surface area contributed by atoms with Crippen molar-refractivity contribution in [3.63, 3.8) is 0 Å². The Morgan fingerprint density at radius 1 is 0.800 bits per heavy atom. The fraction of sp³-hybridized carbons (Fsp3) is 0.143. The molecule has 0 aliphatic heterocycles. The average Bonchev–Trinajstić information content (AvgIpc) is 2.26. The van der Waals surface area contributed by atoms with Crippen LogP contribution in [0, 0.1) is 26.0 Å². The van der Waals surface area contributed by atoms with Gasteiger partial charge in [-0.2, -0.15) is 71.8 Å². The normalized spacial score (nSPS) is 8.13. The van der Waals surface area contributed by atoms with Gasteiger partial charge in [0.2, 0.25) is 0 Å². The van der Waals surface area contributed by atoms with Gasteiger partial charge >= 0.3 is 0 Å². The fourth-order valence-electron chi connectivity index (χ4n) is 0.933. The Kier molecular flexibility index (Phi) is 8.55. The van der Waals surface area contributed by atoms with E-state index in [4.69, 9.17) is 0 Å². The zero-order valence-corrected chi connectivity index (χ0v) is 12.0. The van der Waals surface area contributed by atoms with E-state index in [0.29, 0.717) is 0 Å². The van der Waals surface area contributed by atoms with E-state index in [9.17, 15) is 0 Å². The molecule has 0 aliphatic carbocycles. The minimum absolute atomic E-state index is 0. The summed E-state index contributed by atoms with van der Waals surface area (Å²) in [4.78, 5) is 0. The summed E-state index contributed by atoms with van der Waals surface area (Å²) in [6, 6.07) is 21.5. The van der Waals surface area contributed by atoms with Crippen molar-refractivity contribution >= 4 is 0 Å². The average molecular weight is 271 g/mol. The minimum atomic E-state index is 0. The maximum absolute atomic E-state index is 3.00. The minimum Gasteiger partial charge on any atom is -0.184 e. The first-order valence-corrected chi connectivity index (χ1v) is 4.65. The Hall–Kier alpha value is -0.456. The van der Waals surface area contributed by atoms with Gasteiger partial charge in [0.1, 0.15) is 0 Å². The third-order valence-electron chi connectivity index (χ3n) is 1.96. The summed E-state index contributed by atoms with van der Waals surface area (Å²) in [5.74, 6) is 0. The Morgan fingerprint density at radius 3 is 1.73 bits per heavy atom. The maximum Gasteiger partial charge on any atom is 0 e. The molecule has 75 valence electrons. The van der Waals surface area contributed by atoms with E-state index in [0.717, 1.165) is 0 Å². The molecule has 1 heteroatoms. The smallest absolute Gasteiger partial charge is 0 e. The molecule has 0 aliphatic rings. The van der Waals surface area contributed by atoms with Crippen LogP contribution >= 0.6 is 0 Å². The number of hydrogen-bond acceptors (Lipinski definition) is 0. The molecule has 0 amide bonds. The second-order valence-electron chi connectivity index (χ2n) is 3.09. The number of benzene rings is 2. The molecule has 0 spiro atoms. The SMILES string of the molecule is Cc1c[c-]ccc1C.[Y].[c-]1ccccc1. The molecule has 0 atom stereocenters. The van der Waals surface area contributed by atoms with Crippen molar-refractivity contribution in [1.29, 1.82) is 0 Å². The van der Waals surface area contributed by atoms with E-state index in [1.807, 2.05) is 42.5 Å². The van der Waals surface area contributed by atoms with Crippen molar-refractivity contribution in [1.82, 2.24) is 0 Å². The van der Waals surface area contributed by atoms with Crippen molar-refractivity contribution < 1.29 is 32.7 Å². The molecular formula is C14H14Y-2. The standard InChI is InChI=1S/C8H9.C6H5.Y/c1-7-5-3-4-6-8(7)2;1-2-4-6-5-3-1;/h3,5-6H,1-2H3;1-5H;/q2*-1;. The fourth-order valence-corrected chi connectivity index (χ4v) is 0.933. The summed E-state index contributed by atoms with van der Waals surface area (Å²) in [6.07, 6.45) is 0. The van der Waals surface area contributed by atoms with Crippen LogP contribution in [0.15, 0.2) is 48.5 Å². The van der Waals surface area contributed by atoms with Gasteiger partial charge in [0.15, 0.2) is 0 Å². The van der Waals surface area contributed by atoms with Crippen molar-refractivity contribution in [2.24, 2.45) is 0 Å². The summed E-state index contributed by atoms with van der Waals surface area (Å²) >= 11 is 0. The van der Waals surface area contributed by atoms with E-state index >= 15 is 0 Å². The van der Waals surface area contributed by atoms with E-state index < -0.39 is 0 Å². The first-order valence-electron chi connectivity index (χ1n) is 4.65. The van der Waals surface area contributed by atoms with E-state index in [1.165, 1.54) is 11.1 Å². The third-order valence-corrected chi connectivity index (χ3v) is 1.96. The molecule has 2 aromatic rings. The van der Waals surface area contributed by atoms with Gasteiger partial charge in [-0.15, -0.1) is 0 Å². The Morgan fingerprint density at radius 2 is 1.47 bits per heavy atom. The summed E-state index contributed by atoms with van der Waals surface area (Å²) in [5.41, 5.74) is 2.65. The molecular weight excluding hydrogens is 257 g/mol. The molecule has 0 saturated heterocycles. The molecule has 0 N–H and O–H groups in total. The van der Waals surface area contributed by atoms with Crippen molar-refractivity contribution in [3.8, 4) is 0 Å². The van der Waals surface area contributed by atoms with Crippen LogP contribution < -0.4 is 0 Å². The predicted molar refractivity (Wildman–Crippen MR) is 60.0 cm³/mol. The van der Waals surface area contributed by atoms with Gasteiger partial charge in [0.05, 0.1) is 0 Å². The largest absolute Gasteiger partial charge is 0.184 e. The molecule has 0 aromatic heterocycles. The van der Waals surface area contributed by atoms with Crippen LogP contribution in [0.4, 0.5) is 0 Å². The van der Waals surface area contributed by atoms with Crippen LogP contribution in [0.5, 0.6) is 0 Å². The molecule has 0 heterocycles. The summed E-state index contributed by atoms with van der Waals surface area (Å²) in [7, 11) is 0. The van der Waals surface area contributed by atoms with Gasteiger partial charge in [-0.25, -0.2) is 0 Å². The summed E-state index contributed by atoms with van der Waals surface area (Å²) in [6.45, 7) is 4.19. The molecule has 1 radical (unpaired) electrons. The summed E-state index contributed by atoms with van der Waals surface area (Å²) in [5, 5.41) is 0. The van der Waals surface area contributed by atoms with Gasteiger partial charge in [0, 0.05) is 32.7 Å². The van der Waals surface area contributed by atoms with Crippen LogP contribution in [0.25, 0.3) is 0 Å². The van der Waals surface area contributed by atoms with E-state index in [-0.39, 0.29) is 32.7 Å². The topological polar surface area (TPSA) is 0 Å². The monoisotopic (exact) mass is 271 g/mol. The zero-order valence-electron chi connectivity index (χ0n) is 9.20. The maximum atomic E-state index is 3.00. The second kappa shape index (κ2) is 8.82. The predicted octanol–water partition coefficient (Wildman–Crippen LogP) is 3.59. The Bertz CT molecular complexity index is 307. The number of rotatable bonds is 0. The molecule has 15 heavy (non-hydrogen) atoms. The molecule has 2 aromatic carbocycles. The quantitative estimate of drug-likeness (QED) is 0.642. The molecule has 0 unspecified atom stereocenters. The number of aryl methyl sites for hydroxylation is 2. The molecule has 0 saturated carbocycles. The molecule has 2 rings (SSSR count). The second-order valence-corrected chi connectivity index (χ2v) is 3.09. The molecule has 0 fully saturated rings. The van der Waals surface area contributed by atoms with Crippen LogP contribution in [0.3, 0.4) is 0 Å². The van der Waals surface area contributed by atoms with Gasteiger partial charge in [0.25, 0.3) is 0 Å². The first-order chi connectivity index (χ1) is 6.80. The zero-order chi connectivity index (χ0) is 10.2. The van der Waals surface area contributed by atoms with Gasteiger partial charge in [-0.05, 0) is 0 Å². The first kappa shape index (κ1) is 14.5. The van der Waals surface area contributed by atoms with Crippen LogP contribution in [-0.2, 0) is 32.7 Å². The third kappa shape index (κ3) is 6.59. The van der Waals surface area contributed by atoms with Crippen LogP contribution in [-0.4, -0.2) is 0 Å². The van der Waals surface area contributed by atoms with Crippen molar-refractivity contribution in [2.45, 2.75) is 13.8 Å². The van der Waals surface area contributed by atoms with Crippen molar-refractivity contribution in [3.05, 3.63) is 71.8 Å². The van der Waals surface area contributed by atoms with Gasteiger partial charge < -0.3 is 0 Å². The van der Waals surface area contributed by atoms with E-state index in [1.54, 1.807) is 0 Å². The van der Waals surface area contributed by atoms with E-state index in [2.05, 4.69) is 32.0 Å². The van der Waals surface area contributed by atoms with Crippen molar-refractivity contribution in [2.75, 3.05) is 0 Å². The van der Waals surface area contributed by atoms with Crippen LogP contribution in [0.1, 0.15) is 11.1 Å². The molecule has 0 bridgehead atoms. The van der Waals surface area contributed by atoms with Gasteiger partial charge in [-0.1, -0.05) is 13.8 Å². The van der Waals surface area contributed by atoms with Gasteiger partial charge in [-0.3, -0.25) is 0 Å². The molecule has 0 nitrogen and oxygen atoms in total. The Balaban J connectivity index is 0.000000253.